The molecule has 13 heavy (non-hydrogen) atoms. The van der Waals surface area contributed by atoms with Gasteiger partial charge in [0.25, 0.3) is 0 Å². The molecule has 1 aromatic rings. The summed E-state index contributed by atoms with van der Waals surface area (Å²) >= 11 is 0. The zero-order chi connectivity index (χ0) is 9.42. The second kappa shape index (κ2) is 3.06. The Labute approximate surface area is 79.7 Å². The largest absolute Gasteiger partial charge is 0.492 e. The Morgan fingerprint density at radius 2 is 2.15 bits per heavy atom. The van der Waals surface area contributed by atoms with E-state index in [0.29, 0.717) is 11.8 Å². The topological polar surface area (TPSA) is 9.23 Å². The molecule has 1 nitrogen and oxygen atoms in total. The highest BCUT2D eigenvalue weighted by Crippen LogP contribution is 2.39. The first-order valence-electron chi connectivity index (χ1n) is 4.92. The quantitative estimate of drug-likeness (QED) is 0.638. The van der Waals surface area contributed by atoms with Gasteiger partial charge in [-0.05, 0) is 18.4 Å². The van der Waals surface area contributed by atoms with Crippen molar-refractivity contribution in [3.05, 3.63) is 29.3 Å². The second-order valence-electron chi connectivity index (χ2n) is 4.15. The summed E-state index contributed by atoms with van der Waals surface area (Å²) < 4.78 is 5.70. The summed E-state index contributed by atoms with van der Waals surface area (Å²) in [5, 5.41) is 0. The number of hydrogen-bond donors (Lipinski definition) is 0. The van der Waals surface area contributed by atoms with E-state index >= 15 is 0 Å². The van der Waals surface area contributed by atoms with Crippen molar-refractivity contribution >= 4 is 0 Å². The summed E-state index contributed by atoms with van der Waals surface area (Å²) in [6.07, 6.45) is 0. The van der Waals surface area contributed by atoms with Crippen LogP contribution in [-0.4, -0.2) is 6.61 Å². The van der Waals surface area contributed by atoms with Gasteiger partial charge in [-0.1, -0.05) is 32.0 Å². The van der Waals surface area contributed by atoms with Crippen molar-refractivity contribution in [1.82, 2.24) is 0 Å². The van der Waals surface area contributed by atoms with Crippen LogP contribution < -0.4 is 4.74 Å². The fraction of sp³-hybridized carbons (Fsp3) is 0.500. The Balaban J connectivity index is 2.43. The third-order valence-corrected chi connectivity index (χ3v) is 2.85. The number of fused-ring (bicyclic) bond motifs is 1. The molecule has 0 saturated carbocycles. The molecule has 1 aliphatic heterocycles. The highest BCUT2D eigenvalue weighted by atomic mass is 16.5. The lowest BCUT2D eigenvalue weighted by atomic mass is 9.90. The van der Waals surface area contributed by atoms with Crippen molar-refractivity contribution in [1.29, 1.82) is 0 Å². The minimum absolute atomic E-state index is 0.592. The number of para-hydroxylation sites is 1. The Kier molecular flexibility index (Phi) is 2.03. The van der Waals surface area contributed by atoms with Crippen LogP contribution in [0.2, 0.25) is 0 Å². The Bertz CT molecular complexity index is 315. The van der Waals surface area contributed by atoms with Crippen molar-refractivity contribution in [3.8, 4) is 5.75 Å². The van der Waals surface area contributed by atoms with Gasteiger partial charge in [0.2, 0.25) is 0 Å². The zero-order valence-corrected chi connectivity index (χ0v) is 8.50. The normalized spacial score (nSPS) is 20.2. The van der Waals surface area contributed by atoms with E-state index in [1.54, 1.807) is 0 Å². The minimum Gasteiger partial charge on any atom is -0.492 e. The van der Waals surface area contributed by atoms with Crippen LogP contribution in [-0.2, 0) is 0 Å². The lowest BCUT2D eigenvalue weighted by Gasteiger charge is -2.12. The summed E-state index contributed by atoms with van der Waals surface area (Å²) in [6, 6.07) is 6.43. The van der Waals surface area contributed by atoms with Crippen molar-refractivity contribution in [2.24, 2.45) is 5.92 Å². The SMILES string of the molecule is Cc1cccc2c1OC[C@H]2C(C)C. The molecule has 0 spiro atoms. The lowest BCUT2D eigenvalue weighted by Crippen LogP contribution is -2.07. The van der Waals surface area contributed by atoms with Crippen molar-refractivity contribution in [3.63, 3.8) is 0 Å². The molecule has 0 aliphatic carbocycles. The maximum Gasteiger partial charge on any atom is 0.125 e. The highest BCUT2D eigenvalue weighted by Gasteiger charge is 2.27. The summed E-state index contributed by atoms with van der Waals surface area (Å²) in [7, 11) is 0. The molecule has 0 radical (unpaired) electrons. The van der Waals surface area contributed by atoms with E-state index in [0.717, 1.165) is 12.4 Å². The molecule has 1 heterocycles. The zero-order valence-electron chi connectivity index (χ0n) is 8.50. The van der Waals surface area contributed by atoms with Crippen molar-refractivity contribution in [2.75, 3.05) is 6.61 Å². The van der Waals surface area contributed by atoms with Gasteiger partial charge < -0.3 is 4.74 Å². The van der Waals surface area contributed by atoms with Crippen LogP contribution in [0, 0.1) is 12.8 Å². The number of benzene rings is 1. The molecule has 1 aromatic carbocycles. The first kappa shape index (κ1) is 8.61. The first-order valence-corrected chi connectivity index (χ1v) is 4.92. The molecular formula is C12H16O. The maximum absolute atomic E-state index is 5.70. The van der Waals surface area contributed by atoms with Gasteiger partial charge in [0.15, 0.2) is 0 Å². The van der Waals surface area contributed by atoms with E-state index in [4.69, 9.17) is 4.74 Å². The molecule has 2 rings (SSSR count). The van der Waals surface area contributed by atoms with E-state index in [9.17, 15) is 0 Å². The lowest BCUT2D eigenvalue weighted by molar-refractivity contribution is 0.302. The molecule has 0 bridgehead atoms. The molecule has 0 N–H and O–H groups in total. The van der Waals surface area contributed by atoms with Crippen LogP contribution in [0.3, 0.4) is 0 Å². The summed E-state index contributed by atoms with van der Waals surface area (Å²) in [6.45, 7) is 7.48. The predicted octanol–water partition coefficient (Wildman–Crippen LogP) is 3.13. The third kappa shape index (κ3) is 1.32. The van der Waals surface area contributed by atoms with Gasteiger partial charge in [-0.2, -0.15) is 0 Å². The van der Waals surface area contributed by atoms with Gasteiger partial charge >= 0.3 is 0 Å². The van der Waals surface area contributed by atoms with Crippen LogP contribution in [0.1, 0.15) is 30.9 Å². The van der Waals surface area contributed by atoms with E-state index in [1.807, 2.05) is 0 Å². The molecule has 1 heteroatoms. The molecule has 1 aliphatic rings. The summed E-state index contributed by atoms with van der Waals surface area (Å²) in [5.74, 6) is 2.39. The highest BCUT2D eigenvalue weighted by molar-refractivity contribution is 5.45. The number of hydrogen-bond acceptors (Lipinski definition) is 1. The van der Waals surface area contributed by atoms with Crippen LogP contribution >= 0.6 is 0 Å². The Morgan fingerprint density at radius 1 is 1.38 bits per heavy atom. The van der Waals surface area contributed by atoms with Gasteiger partial charge in [0.05, 0.1) is 6.61 Å². The molecule has 70 valence electrons. The second-order valence-corrected chi connectivity index (χ2v) is 4.15. The van der Waals surface area contributed by atoms with Crippen molar-refractivity contribution < 1.29 is 4.74 Å². The van der Waals surface area contributed by atoms with Gasteiger partial charge in [-0.3, -0.25) is 0 Å². The average Bonchev–Trinajstić information content (AvgIpc) is 2.48. The standard InChI is InChI=1S/C12H16O/c1-8(2)11-7-13-12-9(3)5-4-6-10(11)12/h4-6,8,11H,7H2,1-3H3/t11-/m0/s1. The van der Waals surface area contributed by atoms with Crippen molar-refractivity contribution in [2.45, 2.75) is 26.7 Å². The molecular weight excluding hydrogens is 160 g/mol. The van der Waals surface area contributed by atoms with E-state index in [1.165, 1.54) is 11.1 Å². The number of aryl methyl sites for hydroxylation is 1. The van der Waals surface area contributed by atoms with E-state index in [2.05, 4.69) is 39.0 Å². The third-order valence-electron chi connectivity index (χ3n) is 2.85. The van der Waals surface area contributed by atoms with Gasteiger partial charge in [-0.25, -0.2) is 0 Å². The Morgan fingerprint density at radius 3 is 2.85 bits per heavy atom. The van der Waals surface area contributed by atoms with E-state index < -0.39 is 0 Å². The minimum atomic E-state index is 0.592. The summed E-state index contributed by atoms with van der Waals surface area (Å²) in [4.78, 5) is 0. The van der Waals surface area contributed by atoms with E-state index in [-0.39, 0.29) is 0 Å². The molecule has 0 fully saturated rings. The molecule has 0 amide bonds. The van der Waals surface area contributed by atoms with Crippen LogP contribution in [0.25, 0.3) is 0 Å². The Hall–Kier alpha value is -0.980. The molecule has 0 unspecified atom stereocenters. The van der Waals surface area contributed by atoms with Crippen LogP contribution in [0.5, 0.6) is 5.75 Å². The van der Waals surface area contributed by atoms with Crippen LogP contribution in [0.15, 0.2) is 18.2 Å². The fourth-order valence-corrected chi connectivity index (χ4v) is 1.98. The number of rotatable bonds is 1. The monoisotopic (exact) mass is 176 g/mol. The predicted molar refractivity (Wildman–Crippen MR) is 54.3 cm³/mol. The number of ether oxygens (including phenoxy) is 1. The summed E-state index contributed by atoms with van der Waals surface area (Å²) in [5.41, 5.74) is 2.66. The van der Waals surface area contributed by atoms with Crippen LogP contribution in [0.4, 0.5) is 0 Å². The molecule has 0 aromatic heterocycles. The van der Waals surface area contributed by atoms with Gasteiger partial charge in [-0.15, -0.1) is 0 Å². The van der Waals surface area contributed by atoms with Gasteiger partial charge in [0.1, 0.15) is 5.75 Å². The molecule has 1 atom stereocenters. The maximum atomic E-state index is 5.70. The first-order chi connectivity index (χ1) is 6.20. The fourth-order valence-electron chi connectivity index (χ4n) is 1.98. The average molecular weight is 176 g/mol. The smallest absolute Gasteiger partial charge is 0.125 e. The molecule has 0 saturated heterocycles. The van der Waals surface area contributed by atoms with Gasteiger partial charge in [0, 0.05) is 11.5 Å².